The minimum Gasteiger partial charge on any atom is -0.481 e. The normalized spacial score (nSPS) is 11.2. The highest BCUT2D eigenvalue weighted by Crippen LogP contribution is 2.12. The number of aliphatic hydroxyl groups is 1. The first-order chi connectivity index (χ1) is 16.2. The Labute approximate surface area is 211 Å². The number of hydrogen-bond donors (Lipinski definition) is 3. The Morgan fingerprint density at radius 2 is 0.824 bits per heavy atom. The summed E-state index contributed by atoms with van der Waals surface area (Å²) < 4.78 is 5.81. The van der Waals surface area contributed by atoms with Gasteiger partial charge in [-0.2, -0.15) is 0 Å². The van der Waals surface area contributed by atoms with Crippen molar-refractivity contribution in [1.82, 2.24) is 0 Å². The molecule has 34 heavy (non-hydrogen) atoms. The number of unbranched alkanes of at least 4 members (excludes halogenated alkanes) is 16. The third-order valence-corrected chi connectivity index (χ3v) is 6.69. The quantitative estimate of drug-likeness (QED) is 0.0915. The van der Waals surface area contributed by atoms with Gasteiger partial charge in [-0.05, 0) is 45.3 Å². The molecule has 0 bridgehead atoms. The zero-order valence-electron chi connectivity index (χ0n) is 22.6. The molecular weight excluding hydrogens is 448 g/mol. The first kappa shape index (κ1) is 35.2. The third kappa shape index (κ3) is 38.3. The second-order valence-electron chi connectivity index (χ2n) is 10.3. The Bertz CT molecular complexity index is 451. The standard InChI is InChI=1S/C15H32O3Si.C12H24O3/c1-19(2,3)18-14-12-10-8-6-4-5-7-9-11-13-15(16)17;13-11-9-7-5-3-1-2-4-6-8-10-12(14)15/h4-14H2,1-3H3,(H,16,17);13H,1-11H2,(H,14,15). The van der Waals surface area contributed by atoms with E-state index in [4.69, 9.17) is 19.7 Å². The summed E-state index contributed by atoms with van der Waals surface area (Å²) in [7, 11) is -1.30. The predicted octanol–water partition coefficient (Wildman–Crippen LogP) is 7.79. The van der Waals surface area contributed by atoms with E-state index in [9.17, 15) is 9.59 Å². The van der Waals surface area contributed by atoms with Crippen LogP contribution in [0.25, 0.3) is 0 Å². The maximum absolute atomic E-state index is 10.3. The summed E-state index contributed by atoms with van der Waals surface area (Å²) in [5.41, 5.74) is 0. The predicted molar refractivity (Wildman–Crippen MR) is 144 cm³/mol. The van der Waals surface area contributed by atoms with Crippen molar-refractivity contribution >= 4 is 20.3 Å². The highest BCUT2D eigenvalue weighted by molar-refractivity contribution is 6.69. The molecule has 204 valence electrons. The Kier molecular flexibility index (Phi) is 27.7. The van der Waals surface area contributed by atoms with Crippen molar-refractivity contribution < 1.29 is 29.3 Å². The fourth-order valence-electron chi connectivity index (χ4n) is 3.62. The zero-order chi connectivity index (χ0) is 25.9. The SMILES string of the molecule is C[Si](C)(C)OCCCCCCCCCCCC(=O)O.O=C(O)CCCCCCCCCCCO. The summed E-state index contributed by atoms with van der Waals surface area (Å²) >= 11 is 0. The molecule has 0 unspecified atom stereocenters. The minimum absolute atomic E-state index is 0.315. The van der Waals surface area contributed by atoms with Crippen molar-refractivity contribution in [1.29, 1.82) is 0 Å². The maximum atomic E-state index is 10.3. The van der Waals surface area contributed by atoms with Crippen LogP contribution in [0.3, 0.4) is 0 Å². The van der Waals surface area contributed by atoms with Gasteiger partial charge in [-0.1, -0.05) is 89.9 Å². The van der Waals surface area contributed by atoms with E-state index in [1.807, 2.05) is 0 Å². The van der Waals surface area contributed by atoms with E-state index in [2.05, 4.69) is 19.6 Å². The second-order valence-corrected chi connectivity index (χ2v) is 14.8. The largest absolute Gasteiger partial charge is 0.481 e. The second kappa shape index (κ2) is 26.7. The van der Waals surface area contributed by atoms with Crippen LogP contribution in [0.1, 0.15) is 128 Å². The third-order valence-electron chi connectivity index (χ3n) is 5.62. The molecule has 0 aliphatic rings. The number of carboxylic acids is 2. The molecule has 0 aromatic carbocycles. The highest BCUT2D eigenvalue weighted by Gasteiger charge is 2.12. The summed E-state index contributed by atoms with van der Waals surface area (Å²) in [6, 6.07) is 0. The van der Waals surface area contributed by atoms with E-state index in [-0.39, 0.29) is 0 Å². The van der Waals surface area contributed by atoms with Crippen LogP contribution in [-0.2, 0) is 14.0 Å². The average Bonchev–Trinajstić information content (AvgIpc) is 2.75. The average molecular weight is 505 g/mol. The van der Waals surface area contributed by atoms with E-state index in [0.29, 0.717) is 19.4 Å². The molecule has 0 atom stereocenters. The number of rotatable bonds is 24. The van der Waals surface area contributed by atoms with Gasteiger partial charge in [-0.15, -0.1) is 0 Å². The van der Waals surface area contributed by atoms with Crippen molar-refractivity contribution in [3.8, 4) is 0 Å². The first-order valence-corrected chi connectivity index (χ1v) is 17.3. The number of carbonyl (C=O) groups is 2. The lowest BCUT2D eigenvalue weighted by molar-refractivity contribution is -0.138. The summed E-state index contributed by atoms with van der Waals surface area (Å²) in [5.74, 6) is -1.35. The van der Waals surface area contributed by atoms with Crippen LogP contribution in [-0.4, -0.2) is 48.8 Å². The molecule has 0 heterocycles. The van der Waals surface area contributed by atoms with Gasteiger partial charge in [0, 0.05) is 26.1 Å². The van der Waals surface area contributed by atoms with Crippen LogP contribution < -0.4 is 0 Å². The van der Waals surface area contributed by atoms with Gasteiger partial charge in [-0.25, -0.2) is 0 Å². The summed E-state index contributed by atoms with van der Waals surface area (Å²) in [4.78, 5) is 20.5. The van der Waals surface area contributed by atoms with Crippen LogP contribution >= 0.6 is 0 Å². The molecule has 0 aromatic heterocycles. The molecule has 3 N–H and O–H groups in total. The Morgan fingerprint density at radius 1 is 0.529 bits per heavy atom. The molecule has 6 nitrogen and oxygen atoms in total. The molecule has 7 heteroatoms. The topological polar surface area (TPSA) is 104 Å². The molecule has 0 fully saturated rings. The molecule has 0 amide bonds. The zero-order valence-corrected chi connectivity index (χ0v) is 23.6. The van der Waals surface area contributed by atoms with Crippen LogP contribution in [0.4, 0.5) is 0 Å². The Morgan fingerprint density at radius 3 is 1.12 bits per heavy atom. The van der Waals surface area contributed by atoms with E-state index in [1.54, 1.807) is 0 Å². The highest BCUT2D eigenvalue weighted by atomic mass is 28.4. The number of aliphatic hydroxyl groups excluding tert-OH is 1. The van der Waals surface area contributed by atoms with Gasteiger partial charge in [0.2, 0.25) is 0 Å². The van der Waals surface area contributed by atoms with Crippen molar-refractivity contribution in [3.05, 3.63) is 0 Å². The Balaban J connectivity index is 0. The molecule has 0 saturated carbocycles. The van der Waals surface area contributed by atoms with E-state index in [1.165, 1.54) is 70.6 Å². The molecule has 0 aliphatic heterocycles. The molecule has 0 saturated heterocycles. The summed E-state index contributed by atoms with van der Waals surface area (Å²) in [6.07, 6.45) is 21.4. The fourth-order valence-corrected chi connectivity index (χ4v) is 4.38. The maximum Gasteiger partial charge on any atom is 0.303 e. The lowest BCUT2D eigenvalue weighted by Crippen LogP contribution is -2.25. The van der Waals surface area contributed by atoms with Crippen LogP contribution in [0.15, 0.2) is 0 Å². The van der Waals surface area contributed by atoms with Gasteiger partial charge >= 0.3 is 11.9 Å². The molecule has 0 radical (unpaired) electrons. The summed E-state index contributed by atoms with van der Waals surface area (Å²) in [6.45, 7) is 7.95. The van der Waals surface area contributed by atoms with E-state index in [0.717, 1.165) is 51.6 Å². The number of aliphatic carboxylic acids is 2. The molecule has 0 aliphatic carbocycles. The Hall–Kier alpha value is -0.923. The van der Waals surface area contributed by atoms with Crippen molar-refractivity contribution in [3.63, 3.8) is 0 Å². The van der Waals surface area contributed by atoms with E-state index < -0.39 is 20.3 Å². The number of carboxylic acid groups (broad SMARTS) is 2. The lowest BCUT2D eigenvalue weighted by Gasteiger charge is -2.16. The van der Waals surface area contributed by atoms with Crippen molar-refractivity contribution in [2.24, 2.45) is 0 Å². The molecule has 0 aromatic rings. The lowest BCUT2D eigenvalue weighted by atomic mass is 10.1. The first-order valence-electron chi connectivity index (χ1n) is 13.9. The monoisotopic (exact) mass is 504 g/mol. The van der Waals surface area contributed by atoms with Crippen LogP contribution in [0, 0.1) is 0 Å². The van der Waals surface area contributed by atoms with Crippen molar-refractivity contribution in [2.75, 3.05) is 13.2 Å². The van der Waals surface area contributed by atoms with E-state index >= 15 is 0 Å². The number of hydrogen-bond acceptors (Lipinski definition) is 4. The summed E-state index contributed by atoms with van der Waals surface area (Å²) in [5, 5.41) is 25.5. The fraction of sp³-hybridized carbons (Fsp3) is 0.926. The van der Waals surface area contributed by atoms with Gasteiger partial charge in [0.05, 0.1) is 0 Å². The van der Waals surface area contributed by atoms with Gasteiger partial charge in [0.25, 0.3) is 0 Å². The molecule has 0 rings (SSSR count). The van der Waals surface area contributed by atoms with Gasteiger partial charge in [0.15, 0.2) is 8.32 Å². The van der Waals surface area contributed by atoms with Gasteiger partial charge in [0.1, 0.15) is 0 Å². The smallest absolute Gasteiger partial charge is 0.303 e. The van der Waals surface area contributed by atoms with Crippen molar-refractivity contribution in [2.45, 2.75) is 148 Å². The van der Waals surface area contributed by atoms with Crippen LogP contribution in [0.2, 0.25) is 19.6 Å². The molecular formula is C27H56O6Si. The van der Waals surface area contributed by atoms with Gasteiger partial charge in [-0.3, -0.25) is 9.59 Å². The molecule has 0 spiro atoms. The van der Waals surface area contributed by atoms with Crippen LogP contribution in [0.5, 0.6) is 0 Å². The van der Waals surface area contributed by atoms with Gasteiger partial charge < -0.3 is 19.7 Å². The minimum atomic E-state index is -1.30.